The summed E-state index contributed by atoms with van der Waals surface area (Å²) in [5.41, 5.74) is 0.568. The van der Waals surface area contributed by atoms with Crippen LogP contribution in [0.5, 0.6) is 0 Å². The van der Waals surface area contributed by atoms with E-state index < -0.39 is 0 Å². The van der Waals surface area contributed by atoms with Gasteiger partial charge in [-0.05, 0) is 17.7 Å². The average Bonchev–Trinajstić information content (AvgIpc) is 1.94. The molecular weight excluding hydrogens is 242 g/mol. The lowest BCUT2D eigenvalue weighted by Crippen LogP contribution is -1.89. The molecule has 3 heteroatoms. The lowest BCUT2D eigenvalue weighted by Gasteiger charge is -2.01. The van der Waals surface area contributed by atoms with Crippen molar-refractivity contribution in [2.24, 2.45) is 0 Å². The Morgan fingerprint density at radius 3 is 2.75 bits per heavy atom. The van der Waals surface area contributed by atoms with Gasteiger partial charge in [-0.15, -0.1) is 0 Å². The van der Waals surface area contributed by atoms with Gasteiger partial charge in [-0.3, -0.25) is 0 Å². The maximum Gasteiger partial charge on any atom is 0.127 e. The van der Waals surface area contributed by atoms with E-state index in [0.717, 1.165) is 4.47 Å². The fourth-order valence-electron chi connectivity index (χ4n) is 0.872. The van der Waals surface area contributed by atoms with Crippen molar-refractivity contribution < 1.29 is 4.39 Å². The van der Waals surface area contributed by atoms with Crippen LogP contribution in [0.3, 0.4) is 0 Å². The van der Waals surface area contributed by atoms with E-state index in [1.807, 2.05) is 0 Å². The van der Waals surface area contributed by atoms with E-state index in [1.165, 1.54) is 6.07 Å². The topological polar surface area (TPSA) is 0 Å². The summed E-state index contributed by atoms with van der Waals surface area (Å²) in [6.07, 6.45) is 0.376. The Balaban J connectivity index is 2.93. The van der Waals surface area contributed by atoms with Gasteiger partial charge in [-0.25, -0.2) is 4.39 Å². The number of rotatable bonds is 2. The minimum atomic E-state index is -0.258. The first-order chi connectivity index (χ1) is 5.59. The molecule has 0 aliphatic carbocycles. The van der Waals surface area contributed by atoms with Crippen molar-refractivity contribution in [3.05, 3.63) is 45.7 Å². The molecule has 0 heterocycles. The predicted molar refractivity (Wildman–Crippen MR) is 52.8 cm³/mol. The van der Waals surface area contributed by atoms with Gasteiger partial charge in [0.1, 0.15) is 5.82 Å². The van der Waals surface area contributed by atoms with Crippen molar-refractivity contribution in [2.45, 2.75) is 6.42 Å². The van der Waals surface area contributed by atoms with Crippen molar-refractivity contribution >= 4 is 27.5 Å². The van der Waals surface area contributed by atoms with Crippen molar-refractivity contribution in [1.82, 2.24) is 0 Å². The highest BCUT2D eigenvalue weighted by atomic mass is 79.9. The number of benzene rings is 1. The zero-order valence-electron chi connectivity index (χ0n) is 6.28. The molecule has 0 aromatic heterocycles. The van der Waals surface area contributed by atoms with E-state index >= 15 is 0 Å². The van der Waals surface area contributed by atoms with Crippen LogP contribution in [0.4, 0.5) is 4.39 Å². The SMILES string of the molecule is C=C(Cl)Cc1ccc(Br)cc1F. The third-order valence-electron chi connectivity index (χ3n) is 1.40. The lowest BCUT2D eigenvalue weighted by molar-refractivity contribution is 0.613. The van der Waals surface area contributed by atoms with Crippen LogP contribution in [0, 0.1) is 5.82 Å². The Labute approximate surface area is 84.2 Å². The number of hydrogen-bond donors (Lipinski definition) is 0. The smallest absolute Gasteiger partial charge is 0.127 e. The fourth-order valence-corrected chi connectivity index (χ4v) is 1.35. The van der Waals surface area contributed by atoms with Crippen molar-refractivity contribution in [3.63, 3.8) is 0 Å². The minimum Gasteiger partial charge on any atom is -0.207 e. The monoisotopic (exact) mass is 248 g/mol. The molecule has 0 unspecified atom stereocenters. The molecule has 1 aromatic carbocycles. The molecule has 0 aliphatic rings. The van der Waals surface area contributed by atoms with Crippen LogP contribution in [-0.2, 0) is 6.42 Å². The Kier molecular flexibility index (Phi) is 3.29. The lowest BCUT2D eigenvalue weighted by atomic mass is 10.1. The molecule has 0 aliphatic heterocycles. The van der Waals surface area contributed by atoms with Gasteiger partial charge in [-0.1, -0.05) is 40.2 Å². The molecule has 0 saturated carbocycles. The molecule has 0 nitrogen and oxygen atoms in total. The molecule has 64 valence electrons. The second kappa shape index (κ2) is 4.06. The van der Waals surface area contributed by atoms with Gasteiger partial charge in [0.2, 0.25) is 0 Å². The van der Waals surface area contributed by atoms with Crippen molar-refractivity contribution in [1.29, 1.82) is 0 Å². The highest BCUT2D eigenvalue weighted by Crippen LogP contribution is 2.18. The number of halogens is 3. The summed E-state index contributed by atoms with van der Waals surface area (Å²) in [4.78, 5) is 0. The zero-order valence-corrected chi connectivity index (χ0v) is 8.62. The first kappa shape index (κ1) is 9.75. The van der Waals surface area contributed by atoms with E-state index in [4.69, 9.17) is 11.6 Å². The van der Waals surface area contributed by atoms with Gasteiger partial charge in [0.25, 0.3) is 0 Å². The summed E-state index contributed by atoms with van der Waals surface area (Å²) in [6, 6.07) is 4.88. The Bertz CT molecular complexity index is 309. The molecule has 0 bridgehead atoms. The Morgan fingerprint density at radius 1 is 1.58 bits per heavy atom. The normalized spacial score (nSPS) is 9.92. The Hall–Kier alpha value is -0.340. The first-order valence-electron chi connectivity index (χ1n) is 3.37. The van der Waals surface area contributed by atoms with Gasteiger partial charge in [0.05, 0.1) is 0 Å². The average molecular weight is 250 g/mol. The van der Waals surface area contributed by atoms with Crippen molar-refractivity contribution in [3.8, 4) is 0 Å². The van der Waals surface area contributed by atoms with Gasteiger partial charge < -0.3 is 0 Å². The second-order valence-electron chi connectivity index (χ2n) is 2.43. The maximum atomic E-state index is 13.1. The van der Waals surface area contributed by atoms with E-state index in [9.17, 15) is 4.39 Å². The molecule has 0 atom stereocenters. The summed E-state index contributed by atoms with van der Waals surface area (Å²) in [5, 5.41) is 0.441. The molecule has 0 N–H and O–H groups in total. The molecule has 0 amide bonds. The highest BCUT2D eigenvalue weighted by molar-refractivity contribution is 9.10. The van der Waals surface area contributed by atoms with Crippen LogP contribution in [-0.4, -0.2) is 0 Å². The van der Waals surface area contributed by atoms with E-state index in [0.29, 0.717) is 17.0 Å². The standard InChI is InChI=1S/C9H7BrClF/c1-6(11)4-7-2-3-8(10)5-9(7)12/h2-3,5H,1,4H2. The molecule has 0 fully saturated rings. The summed E-state index contributed by atoms with van der Waals surface area (Å²) in [7, 11) is 0. The molecule has 12 heavy (non-hydrogen) atoms. The van der Waals surface area contributed by atoms with Gasteiger partial charge in [0.15, 0.2) is 0 Å². The number of hydrogen-bond acceptors (Lipinski definition) is 0. The van der Waals surface area contributed by atoms with Gasteiger partial charge in [0, 0.05) is 15.9 Å². The summed E-state index contributed by atoms with van der Waals surface area (Å²) in [6.45, 7) is 3.50. The molecular formula is C9H7BrClF. The van der Waals surface area contributed by atoms with Crippen LogP contribution in [0.25, 0.3) is 0 Å². The third kappa shape index (κ3) is 2.61. The molecule has 0 radical (unpaired) electrons. The zero-order chi connectivity index (χ0) is 9.14. The van der Waals surface area contributed by atoms with E-state index in [-0.39, 0.29) is 5.82 Å². The summed E-state index contributed by atoms with van der Waals surface area (Å²) >= 11 is 8.72. The van der Waals surface area contributed by atoms with Crippen LogP contribution in [0.2, 0.25) is 0 Å². The highest BCUT2D eigenvalue weighted by Gasteiger charge is 2.02. The second-order valence-corrected chi connectivity index (χ2v) is 3.88. The van der Waals surface area contributed by atoms with Gasteiger partial charge >= 0.3 is 0 Å². The fraction of sp³-hybridized carbons (Fsp3) is 0.111. The summed E-state index contributed by atoms with van der Waals surface area (Å²) in [5.74, 6) is -0.258. The summed E-state index contributed by atoms with van der Waals surface area (Å²) < 4.78 is 13.8. The molecule has 0 saturated heterocycles. The Morgan fingerprint density at radius 2 is 2.25 bits per heavy atom. The molecule has 1 aromatic rings. The predicted octanol–water partition coefficient (Wildman–Crippen LogP) is 3.88. The number of allylic oxidation sites excluding steroid dienone is 1. The minimum absolute atomic E-state index is 0.258. The maximum absolute atomic E-state index is 13.1. The van der Waals surface area contributed by atoms with Crippen molar-refractivity contribution in [2.75, 3.05) is 0 Å². The van der Waals surface area contributed by atoms with Crippen LogP contribution >= 0.6 is 27.5 Å². The van der Waals surface area contributed by atoms with Gasteiger partial charge in [-0.2, -0.15) is 0 Å². The first-order valence-corrected chi connectivity index (χ1v) is 4.54. The third-order valence-corrected chi connectivity index (χ3v) is 2.02. The van der Waals surface area contributed by atoms with E-state index in [2.05, 4.69) is 22.5 Å². The van der Waals surface area contributed by atoms with Crippen LogP contribution in [0.15, 0.2) is 34.3 Å². The van der Waals surface area contributed by atoms with E-state index in [1.54, 1.807) is 12.1 Å². The van der Waals surface area contributed by atoms with Crippen LogP contribution < -0.4 is 0 Å². The molecule has 0 spiro atoms. The quantitative estimate of drug-likeness (QED) is 0.746. The molecule has 1 rings (SSSR count). The van der Waals surface area contributed by atoms with Crippen LogP contribution in [0.1, 0.15) is 5.56 Å². The largest absolute Gasteiger partial charge is 0.207 e.